The van der Waals surface area contributed by atoms with Crippen LogP contribution < -0.4 is 5.32 Å². The van der Waals surface area contributed by atoms with E-state index >= 15 is 0 Å². The second-order valence-corrected chi connectivity index (χ2v) is 5.79. The highest BCUT2D eigenvalue weighted by molar-refractivity contribution is 6.31. The molecule has 5 heteroatoms. The zero-order valence-corrected chi connectivity index (χ0v) is 12.7. The van der Waals surface area contributed by atoms with Crippen molar-refractivity contribution in [1.29, 1.82) is 0 Å². The van der Waals surface area contributed by atoms with Crippen molar-refractivity contribution in [2.45, 2.75) is 12.8 Å². The number of halogens is 1. The molecule has 1 aromatic rings. The Morgan fingerprint density at radius 2 is 2.30 bits per heavy atom. The summed E-state index contributed by atoms with van der Waals surface area (Å²) in [6.07, 6.45) is 2.26. The van der Waals surface area contributed by atoms with Gasteiger partial charge in [-0.05, 0) is 37.0 Å². The molecule has 110 valence electrons. The average Bonchev–Trinajstić information content (AvgIpc) is 2.45. The second-order valence-electron chi connectivity index (χ2n) is 5.35. The molecule has 1 saturated heterocycles. The molecule has 1 atom stereocenters. The third kappa shape index (κ3) is 3.87. The van der Waals surface area contributed by atoms with Crippen LogP contribution in [0.15, 0.2) is 18.2 Å². The van der Waals surface area contributed by atoms with Crippen LogP contribution in [0.3, 0.4) is 0 Å². The zero-order valence-electron chi connectivity index (χ0n) is 12.0. The van der Waals surface area contributed by atoms with Crippen LogP contribution in [0.1, 0.15) is 23.2 Å². The lowest BCUT2D eigenvalue weighted by Crippen LogP contribution is -2.26. The van der Waals surface area contributed by atoms with Crippen LogP contribution in [0, 0.1) is 5.92 Å². The van der Waals surface area contributed by atoms with Gasteiger partial charge in [0.2, 0.25) is 0 Å². The highest BCUT2D eigenvalue weighted by Crippen LogP contribution is 2.23. The van der Waals surface area contributed by atoms with Crippen molar-refractivity contribution in [2.24, 2.45) is 5.92 Å². The maximum absolute atomic E-state index is 12.1. The van der Waals surface area contributed by atoms with Gasteiger partial charge in [0.05, 0.1) is 12.2 Å². The van der Waals surface area contributed by atoms with Crippen molar-refractivity contribution in [1.82, 2.24) is 4.90 Å². The summed E-state index contributed by atoms with van der Waals surface area (Å²) in [5.41, 5.74) is 1.44. The molecular weight excluding hydrogens is 276 g/mol. The molecule has 0 bridgehead atoms. The van der Waals surface area contributed by atoms with Gasteiger partial charge in [-0.2, -0.15) is 0 Å². The molecule has 1 N–H and O–H groups in total. The van der Waals surface area contributed by atoms with Gasteiger partial charge in [0, 0.05) is 38.0 Å². The Morgan fingerprint density at radius 3 is 2.95 bits per heavy atom. The third-order valence-electron chi connectivity index (χ3n) is 3.45. The van der Waals surface area contributed by atoms with Gasteiger partial charge in [0.1, 0.15) is 0 Å². The molecule has 1 aromatic carbocycles. The van der Waals surface area contributed by atoms with Gasteiger partial charge in [-0.25, -0.2) is 0 Å². The van der Waals surface area contributed by atoms with Gasteiger partial charge < -0.3 is 15.0 Å². The minimum atomic E-state index is -0.0240. The fourth-order valence-electron chi connectivity index (χ4n) is 2.31. The van der Waals surface area contributed by atoms with Gasteiger partial charge in [0.25, 0.3) is 5.91 Å². The molecule has 0 aromatic heterocycles. The third-order valence-corrected chi connectivity index (χ3v) is 3.69. The smallest absolute Gasteiger partial charge is 0.255 e. The van der Waals surface area contributed by atoms with E-state index in [2.05, 4.69) is 5.32 Å². The number of carbonyl (C=O) groups is 1. The normalized spacial score (nSPS) is 18.6. The first-order valence-corrected chi connectivity index (χ1v) is 7.28. The summed E-state index contributed by atoms with van der Waals surface area (Å²) in [5.74, 6) is 0.467. The van der Waals surface area contributed by atoms with E-state index in [9.17, 15) is 4.79 Å². The Morgan fingerprint density at radius 1 is 1.50 bits per heavy atom. The van der Waals surface area contributed by atoms with Crippen LogP contribution in [0.25, 0.3) is 0 Å². The van der Waals surface area contributed by atoms with E-state index < -0.39 is 0 Å². The monoisotopic (exact) mass is 296 g/mol. The summed E-state index contributed by atoms with van der Waals surface area (Å²) in [6, 6.07) is 5.32. The quantitative estimate of drug-likeness (QED) is 0.929. The van der Waals surface area contributed by atoms with Gasteiger partial charge in [0.15, 0.2) is 0 Å². The maximum atomic E-state index is 12.1. The molecule has 1 unspecified atom stereocenters. The molecular formula is C15H21ClN2O2. The molecule has 1 heterocycles. The van der Waals surface area contributed by atoms with Gasteiger partial charge in [-0.3, -0.25) is 4.79 Å². The molecule has 0 saturated carbocycles. The number of amides is 1. The molecule has 20 heavy (non-hydrogen) atoms. The van der Waals surface area contributed by atoms with Crippen molar-refractivity contribution in [3.05, 3.63) is 28.8 Å². The molecule has 0 aliphatic carbocycles. The summed E-state index contributed by atoms with van der Waals surface area (Å²) >= 11 is 6.03. The summed E-state index contributed by atoms with van der Waals surface area (Å²) in [6.45, 7) is 2.44. The van der Waals surface area contributed by atoms with Gasteiger partial charge >= 0.3 is 0 Å². The van der Waals surface area contributed by atoms with Crippen molar-refractivity contribution < 1.29 is 9.53 Å². The van der Waals surface area contributed by atoms with Crippen LogP contribution in [-0.4, -0.2) is 44.7 Å². The topological polar surface area (TPSA) is 41.6 Å². The van der Waals surface area contributed by atoms with E-state index in [1.54, 1.807) is 31.1 Å². The van der Waals surface area contributed by atoms with Crippen molar-refractivity contribution in [2.75, 3.05) is 39.2 Å². The number of carbonyl (C=O) groups excluding carboxylic acids is 1. The number of nitrogens with zero attached hydrogens (tertiary/aromatic N) is 1. The van der Waals surface area contributed by atoms with Crippen LogP contribution in [-0.2, 0) is 4.74 Å². The average molecular weight is 297 g/mol. The predicted molar refractivity (Wildman–Crippen MR) is 81.5 cm³/mol. The van der Waals surface area contributed by atoms with E-state index in [0.29, 0.717) is 16.5 Å². The van der Waals surface area contributed by atoms with Crippen molar-refractivity contribution >= 4 is 23.2 Å². The van der Waals surface area contributed by atoms with Crippen LogP contribution in [0.4, 0.5) is 5.69 Å². The molecule has 0 spiro atoms. The summed E-state index contributed by atoms with van der Waals surface area (Å²) in [5, 5.41) is 3.98. The molecule has 1 amide bonds. The fourth-order valence-corrected chi connectivity index (χ4v) is 2.48. The number of hydrogen-bond donors (Lipinski definition) is 1. The lowest BCUT2D eigenvalue weighted by Gasteiger charge is -2.23. The Balaban J connectivity index is 2.08. The minimum absolute atomic E-state index is 0.0240. The Bertz CT molecular complexity index is 471. The summed E-state index contributed by atoms with van der Waals surface area (Å²) < 4.78 is 5.47. The Labute approximate surface area is 125 Å². The number of hydrogen-bond acceptors (Lipinski definition) is 3. The standard InChI is InChI=1S/C15H21ClN2O2/c1-18(2)15(19)13-6-5-12(16)8-14(13)17-9-11-4-3-7-20-10-11/h5-6,8,11,17H,3-4,7,9-10H2,1-2H3. The molecule has 4 nitrogen and oxygen atoms in total. The lowest BCUT2D eigenvalue weighted by atomic mass is 10.0. The van der Waals surface area contributed by atoms with E-state index in [4.69, 9.17) is 16.3 Å². The molecule has 1 aliphatic heterocycles. The van der Waals surface area contributed by atoms with Crippen LogP contribution >= 0.6 is 11.6 Å². The summed E-state index contributed by atoms with van der Waals surface area (Å²) in [4.78, 5) is 13.7. The Kier molecular flexibility index (Phi) is 5.26. The Hall–Kier alpha value is -1.26. The van der Waals surface area contributed by atoms with E-state index in [1.807, 2.05) is 6.07 Å². The first-order chi connectivity index (χ1) is 9.58. The highest BCUT2D eigenvalue weighted by atomic mass is 35.5. The largest absolute Gasteiger partial charge is 0.384 e. The number of ether oxygens (including phenoxy) is 1. The lowest BCUT2D eigenvalue weighted by molar-refractivity contribution is 0.0595. The summed E-state index contributed by atoms with van der Waals surface area (Å²) in [7, 11) is 3.49. The highest BCUT2D eigenvalue weighted by Gasteiger charge is 2.17. The number of benzene rings is 1. The first kappa shape index (κ1) is 15.1. The van der Waals surface area contributed by atoms with E-state index in [-0.39, 0.29) is 5.91 Å². The zero-order chi connectivity index (χ0) is 14.5. The number of anilines is 1. The molecule has 1 aliphatic rings. The van der Waals surface area contributed by atoms with Crippen molar-refractivity contribution in [3.63, 3.8) is 0 Å². The van der Waals surface area contributed by atoms with E-state index in [1.165, 1.54) is 0 Å². The van der Waals surface area contributed by atoms with Gasteiger partial charge in [-0.1, -0.05) is 11.6 Å². The van der Waals surface area contributed by atoms with Crippen molar-refractivity contribution in [3.8, 4) is 0 Å². The molecule has 0 radical (unpaired) electrons. The van der Waals surface area contributed by atoms with E-state index in [0.717, 1.165) is 38.3 Å². The molecule has 2 rings (SSSR count). The first-order valence-electron chi connectivity index (χ1n) is 6.90. The van der Waals surface area contributed by atoms with Crippen LogP contribution in [0.5, 0.6) is 0 Å². The SMILES string of the molecule is CN(C)C(=O)c1ccc(Cl)cc1NCC1CCCOC1. The second kappa shape index (κ2) is 6.95. The predicted octanol–water partition coefficient (Wildman–Crippen LogP) is 2.88. The number of rotatable bonds is 4. The molecule has 1 fully saturated rings. The van der Waals surface area contributed by atoms with Gasteiger partial charge in [-0.15, -0.1) is 0 Å². The minimum Gasteiger partial charge on any atom is -0.384 e. The maximum Gasteiger partial charge on any atom is 0.255 e. The van der Waals surface area contributed by atoms with Crippen LogP contribution in [0.2, 0.25) is 5.02 Å². The number of nitrogens with one attached hydrogen (secondary N) is 1. The fraction of sp³-hybridized carbons (Fsp3) is 0.533.